The van der Waals surface area contributed by atoms with Gasteiger partial charge in [-0.05, 0) is 50.8 Å². The minimum atomic E-state index is -0.987. The van der Waals surface area contributed by atoms with E-state index in [9.17, 15) is 15.0 Å². The van der Waals surface area contributed by atoms with Crippen LogP contribution in [0.2, 0.25) is 0 Å². The Labute approximate surface area is 167 Å². The highest BCUT2D eigenvalue weighted by atomic mass is 16.4. The Bertz CT molecular complexity index is 1030. The minimum absolute atomic E-state index is 0.193. The maximum absolute atomic E-state index is 11.3. The van der Waals surface area contributed by atoms with Gasteiger partial charge >= 0.3 is 5.97 Å². The number of imidazole rings is 1. The van der Waals surface area contributed by atoms with E-state index in [0.29, 0.717) is 28.6 Å². The lowest BCUT2D eigenvalue weighted by Gasteiger charge is -2.26. The first-order chi connectivity index (χ1) is 14.0. The van der Waals surface area contributed by atoms with Gasteiger partial charge in [-0.25, -0.2) is 9.78 Å². The Morgan fingerprint density at radius 1 is 1.24 bits per heavy atom. The Hall–Kier alpha value is -3.20. The first-order valence-corrected chi connectivity index (χ1v) is 9.81. The number of carboxylic acids is 1. The van der Waals surface area contributed by atoms with Crippen molar-refractivity contribution < 1.29 is 15.0 Å². The smallest absolute Gasteiger partial charge is 0.335 e. The van der Waals surface area contributed by atoms with Crippen LogP contribution in [0.4, 0.5) is 17.5 Å². The summed E-state index contributed by atoms with van der Waals surface area (Å²) in [4.78, 5) is 25.0. The van der Waals surface area contributed by atoms with Crippen molar-refractivity contribution >= 4 is 34.6 Å². The third kappa shape index (κ3) is 4.14. The zero-order chi connectivity index (χ0) is 20.4. The lowest BCUT2D eigenvalue weighted by molar-refractivity contribution is 0.0697. The van der Waals surface area contributed by atoms with Gasteiger partial charge < -0.3 is 25.4 Å². The van der Waals surface area contributed by atoms with Gasteiger partial charge in [-0.1, -0.05) is 6.07 Å². The molecular formula is C20H24N6O3. The molecule has 0 atom stereocenters. The molecule has 1 aliphatic rings. The molecule has 3 aromatic rings. The number of benzene rings is 1. The van der Waals surface area contributed by atoms with Crippen LogP contribution < -0.4 is 10.6 Å². The number of aromatic carboxylic acids is 1. The van der Waals surface area contributed by atoms with Gasteiger partial charge in [0.05, 0.1) is 18.0 Å². The quantitative estimate of drug-likeness (QED) is 0.501. The van der Waals surface area contributed by atoms with E-state index in [4.69, 9.17) is 0 Å². The van der Waals surface area contributed by atoms with Crippen LogP contribution in [0.15, 0.2) is 30.6 Å². The van der Waals surface area contributed by atoms with Crippen LogP contribution in [0.1, 0.15) is 43.0 Å². The summed E-state index contributed by atoms with van der Waals surface area (Å²) in [5.41, 5.74) is 2.14. The molecular weight excluding hydrogens is 372 g/mol. The van der Waals surface area contributed by atoms with E-state index < -0.39 is 5.97 Å². The van der Waals surface area contributed by atoms with E-state index in [2.05, 4.69) is 25.6 Å². The molecule has 1 aliphatic carbocycles. The summed E-state index contributed by atoms with van der Waals surface area (Å²) >= 11 is 0. The van der Waals surface area contributed by atoms with Crippen LogP contribution in [-0.2, 0) is 6.54 Å². The second kappa shape index (κ2) is 8.04. The van der Waals surface area contributed by atoms with Crippen molar-refractivity contribution in [3.63, 3.8) is 0 Å². The second-order valence-electron chi connectivity index (χ2n) is 7.26. The highest BCUT2D eigenvalue weighted by Crippen LogP contribution is 2.27. The van der Waals surface area contributed by atoms with Gasteiger partial charge in [0.2, 0.25) is 5.95 Å². The molecule has 9 nitrogen and oxygen atoms in total. The Morgan fingerprint density at radius 2 is 2.03 bits per heavy atom. The van der Waals surface area contributed by atoms with Gasteiger partial charge in [-0.3, -0.25) is 0 Å². The average Bonchev–Trinajstić information content (AvgIpc) is 3.13. The predicted octanol–water partition coefficient (Wildman–Crippen LogP) is 3.00. The predicted molar refractivity (Wildman–Crippen MR) is 110 cm³/mol. The van der Waals surface area contributed by atoms with Crippen LogP contribution >= 0.6 is 0 Å². The van der Waals surface area contributed by atoms with Crippen molar-refractivity contribution in [1.82, 2.24) is 19.5 Å². The van der Waals surface area contributed by atoms with Gasteiger partial charge in [0.1, 0.15) is 0 Å². The van der Waals surface area contributed by atoms with Crippen molar-refractivity contribution in [3.8, 4) is 0 Å². The number of carbonyl (C=O) groups is 1. The fourth-order valence-corrected chi connectivity index (χ4v) is 3.60. The molecule has 1 saturated carbocycles. The Kier molecular flexibility index (Phi) is 5.30. The van der Waals surface area contributed by atoms with E-state index in [1.165, 1.54) is 0 Å². The number of fused-ring (bicyclic) bond motifs is 1. The molecule has 0 aliphatic heterocycles. The molecule has 0 unspecified atom stereocenters. The first kappa shape index (κ1) is 19.1. The van der Waals surface area contributed by atoms with E-state index in [-0.39, 0.29) is 17.7 Å². The summed E-state index contributed by atoms with van der Waals surface area (Å²) < 4.78 is 1.94. The molecule has 0 bridgehead atoms. The summed E-state index contributed by atoms with van der Waals surface area (Å²) in [5, 5.41) is 25.5. The van der Waals surface area contributed by atoms with Crippen LogP contribution in [-0.4, -0.2) is 47.8 Å². The zero-order valence-corrected chi connectivity index (χ0v) is 16.2. The van der Waals surface area contributed by atoms with Crippen molar-refractivity contribution in [2.24, 2.45) is 0 Å². The van der Waals surface area contributed by atoms with E-state index in [0.717, 1.165) is 32.2 Å². The summed E-state index contributed by atoms with van der Waals surface area (Å²) in [5.74, 6) is 0.0210. The standard InChI is InChI=1S/C20H24N6O3/c1-2-26-11-21-16-17(22-14-5-3-4-12(10-14)19(28)29)24-20(25-18(16)26)23-13-6-8-15(27)9-7-13/h3-5,10-11,13,15,27H,2,6-9H2,1H3,(H,28,29)(H2,22,23,24,25)/t13-,15-. The molecule has 0 spiro atoms. The molecule has 1 aromatic carbocycles. The number of aromatic nitrogens is 4. The normalized spacial score (nSPS) is 19.2. The van der Waals surface area contributed by atoms with E-state index in [1.807, 2.05) is 11.5 Å². The molecule has 4 rings (SSSR count). The zero-order valence-electron chi connectivity index (χ0n) is 16.2. The van der Waals surface area contributed by atoms with Crippen LogP contribution in [0.5, 0.6) is 0 Å². The van der Waals surface area contributed by atoms with Crippen molar-refractivity contribution in [1.29, 1.82) is 0 Å². The number of hydrogen-bond acceptors (Lipinski definition) is 7. The molecule has 9 heteroatoms. The van der Waals surface area contributed by atoms with Crippen molar-refractivity contribution in [3.05, 3.63) is 36.2 Å². The largest absolute Gasteiger partial charge is 0.478 e. The number of nitrogens with one attached hydrogen (secondary N) is 2. The maximum atomic E-state index is 11.3. The monoisotopic (exact) mass is 396 g/mol. The van der Waals surface area contributed by atoms with Crippen molar-refractivity contribution in [2.45, 2.75) is 51.3 Å². The molecule has 1 fully saturated rings. The fraction of sp³-hybridized carbons (Fsp3) is 0.400. The van der Waals surface area contributed by atoms with Crippen LogP contribution in [0.3, 0.4) is 0 Å². The summed E-state index contributed by atoms with van der Waals surface area (Å²) in [6.07, 6.45) is 4.74. The third-order valence-electron chi connectivity index (χ3n) is 5.21. The van der Waals surface area contributed by atoms with Gasteiger partial charge in [-0.15, -0.1) is 0 Å². The molecule has 2 heterocycles. The van der Waals surface area contributed by atoms with Gasteiger partial charge in [0.15, 0.2) is 17.0 Å². The van der Waals surface area contributed by atoms with Crippen LogP contribution in [0, 0.1) is 0 Å². The van der Waals surface area contributed by atoms with Gasteiger partial charge in [0.25, 0.3) is 0 Å². The molecule has 2 aromatic heterocycles. The molecule has 4 N–H and O–H groups in total. The number of aryl methyl sites for hydroxylation is 1. The Balaban J connectivity index is 1.67. The second-order valence-corrected chi connectivity index (χ2v) is 7.26. The summed E-state index contributed by atoms with van der Waals surface area (Å²) in [6, 6.07) is 6.77. The third-order valence-corrected chi connectivity index (χ3v) is 5.21. The molecule has 152 valence electrons. The van der Waals surface area contributed by atoms with Crippen molar-refractivity contribution in [2.75, 3.05) is 10.6 Å². The number of nitrogens with zero attached hydrogens (tertiary/aromatic N) is 4. The summed E-state index contributed by atoms with van der Waals surface area (Å²) in [7, 11) is 0. The SMILES string of the molecule is CCn1cnc2c(Nc3cccc(C(=O)O)c3)nc(N[C@H]3CC[C@H](O)CC3)nc21. The number of hydrogen-bond donors (Lipinski definition) is 4. The first-order valence-electron chi connectivity index (χ1n) is 9.81. The number of rotatable bonds is 6. The lowest BCUT2D eigenvalue weighted by atomic mass is 9.93. The molecule has 0 radical (unpaired) electrons. The number of anilines is 3. The van der Waals surface area contributed by atoms with E-state index >= 15 is 0 Å². The number of aliphatic hydroxyl groups is 1. The molecule has 29 heavy (non-hydrogen) atoms. The molecule has 0 saturated heterocycles. The summed E-state index contributed by atoms with van der Waals surface area (Å²) in [6.45, 7) is 2.73. The number of aliphatic hydroxyl groups excluding tert-OH is 1. The Morgan fingerprint density at radius 3 is 2.76 bits per heavy atom. The topological polar surface area (TPSA) is 125 Å². The lowest BCUT2D eigenvalue weighted by Crippen LogP contribution is -2.29. The van der Waals surface area contributed by atoms with Gasteiger partial charge in [-0.2, -0.15) is 9.97 Å². The average molecular weight is 396 g/mol. The van der Waals surface area contributed by atoms with Crippen LogP contribution in [0.25, 0.3) is 11.2 Å². The highest BCUT2D eigenvalue weighted by Gasteiger charge is 2.21. The van der Waals surface area contributed by atoms with Gasteiger partial charge in [0, 0.05) is 18.3 Å². The fourth-order valence-electron chi connectivity index (χ4n) is 3.60. The maximum Gasteiger partial charge on any atom is 0.335 e. The minimum Gasteiger partial charge on any atom is -0.478 e. The molecule has 0 amide bonds. The highest BCUT2D eigenvalue weighted by molar-refractivity contribution is 5.90. The van der Waals surface area contributed by atoms with E-state index in [1.54, 1.807) is 30.6 Å². The number of carboxylic acid groups (broad SMARTS) is 1.